The summed E-state index contributed by atoms with van der Waals surface area (Å²) in [5.74, 6) is -0.199. The Hall–Kier alpha value is -3.18. The van der Waals surface area contributed by atoms with Crippen LogP contribution in [0.3, 0.4) is 0 Å². The number of hydrogen-bond donors (Lipinski definition) is 0. The van der Waals surface area contributed by atoms with E-state index in [-0.39, 0.29) is 11.8 Å². The molecule has 4 aliphatic rings. The molecule has 38 heavy (non-hydrogen) atoms. The number of para-hydroxylation sites is 2. The van der Waals surface area contributed by atoms with Crippen LogP contribution in [0.2, 0.25) is 0 Å². The maximum atomic E-state index is 13.3. The third kappa shape index (κ3) is 3.86. The van der Waals surface area contributed by atoms with Gasteiger partial charge in [0, 0.05) is 19.6 Å². The van der Waals surface area contributed by atoms with Crippen LogP contribution in [0.1, 0.15) is 13.8 Å². The smallest absolute Gasteiger partial charge is 0.267 e. The molecule has 4 aliphatic heterocycles. The molecule has 0 bridgehead atoms. The summed E-state index contributed by atoms with van der Waals surface area (Å²) >= 11 is 6.45. The van der Waals surface area contributed by atoms with Crippen molar-refractivity contribution < 1.29 is 9.59 Å². The summed E-state index contributed by atoms with van der Waals surface area (Å²) in [6.07, 6.45) is 0. The molecule has 4 heterocycles. The lowest BCUT2D eigenvalue weighted by Crippen LogP contribution is -2.21. The number of carbonyl (C=O) groups is 2. The molecule has 3 aromatic rings. The van der Waals surface area contributed by atoms with E-state index in [4.69, 9.17) is 0 Å². The average Bonchev–Trinajstić information content (AvgIpc) is 3.66. The molecular formula is C28H18N4O2S4. The molecule has 0 radical (unpaired) electrons. The van der Waals surface area contributed by atoms with Crippen molar-refractivity contribution in [2.75, 3.05) is 10.0 Å². The van der Waals surface area contributed by atoms with Crippen LogP contribution in [0.15, 0.2) is 122 Å². The zero-order chi connectivity index (χ0) is 26.0. The van der Waals surface area contributed by atoms with Crippen molar-refractivity contribution in [3.05, 3.63) is 92.4 Å². The van der Waals surface area contributed by atoms with Crippen LogP contribution >= 0.6 is 47.0 Å². The fourth-order valence-electron chi connectivity index (χ4n) is 4.46. The Bertz CT molecular complexity index is 1520. The highest BCUT2D eigenvalue weighted by molar-refractivity contribution is 8.25. The summed E-state index contributed by atoms with van der Waals surface area (Å²) in [5.41, 5.74) is 4.29. The highest BCUT2D eigenvalue weighted by Gasteiger charge is 2.37. The lowest BCUT2D eigenvalue weighted by molar-refractivity contribution is -0.115. The van der Waals surface area contributed by atoms with Gasteiger partial charge in [0.05, 0.1) is 42.4 Å². The Labute approximate surface area is 236 Å². The van der Waals surface area contributed by atoms with E-state index in [0.29, 0.717) is 11.1 Å². The van der Waals surface area contributed by atoms with Crippen molar-refractivity contribution >= 4 is 81.7 Å². The average molecular weight is 571 g/mol. The normalized spacial score (nSPS) is 18.5. The molecule has 2 amide bonds. The Morgan fingerprint density at radius 2 is 0.895 bits per heavy atom. The fraction of sp³-hybridized carbons (Fsp3) is 0.0714. The molecule has 0 aliphatic carbocycles. The van der Waals surface area contributed by atoms with Crippen LogP contribution in [0, 0.1) is 0 Å². The molecule has 0 fully saturated rings. The van der Waals surface area contributed by atoms with Gasteiger partial charge in [-0.1, -0.05) is 83.4 Å². The zero-order valence-electron chi connectivity index (χ0n) is 20.2. The monoisotopic (exact) mass is 570 g/mol. The van der Waals surface area contributed by atoms with Crippen LogP contribution in [0.4, 0.5) is 11.4 Å². The number of hydrogen-bond acceptors (Lipinski definition) is 8. The van der Waals surface area contributed by atoms with E-state index >= 15 is 0 Å². The zero-order valence-corrected chi connectivity index (χ0v) is 23.4. The van der Waals surface area contributed by atoms with Crippen molar-refractivity contribution in [2.45, 2.75) is 33.4 Å². The van der Waals surface area contributed by atoms with Gasteiger partial charge >= 0.3 is 0 Å². The number of rotatable bonds is 2. The lowest BCUT2D eigenvalue weighted by Gasteiger charge is -2.11. The van der Waals surface area contributed by atoms with Gasteiger partial charge in [-0.2, -0.15) is 20.2 Å². The Balaban J connectivity index is 1.15. The number of hydrazone groups is 2. The van der Waals surface area contributed by atoms with E-state index in [1.165, 1.54) is 10.0 Å². The largest absolute Gasteiger partial charge is 0.282 e. The molecule has 0 saturated heterocycles. The van der Waals surface area contributed by atoms with Crippen molar-refractivity contribution in [1.29, 1.82) is 0 Å². The summed E-state index contributed by atoms with van der Waals surface area (Å²) in [7, 11) is 0. The van der Waals surface area contributed by atoms with E-state index in [1.54, 1.807) is 47.0 Å². The first-order chi connectivity index (χ1) is 18.5. The maximum absolute atomic E-state index is 13.3. The minimum Gasteiger partial charge on any atom is -0.267 e. The molecule has 3 aromatic carbocycles. The molecule has 0 atom stereocenters. The molecule has 10 heteroatoms. The number of fused-ring (bicyclic) bond motifs is 2. The topological polar surface area (TPSA) is 65.3 Å². The minimum absolute atomic E-state index is 0.0997. The van der Waals surface area contributed by atoms with Crippen molar-refractivity contribution in [1.82, 2.24) is 0 Å². The predicted octanol–water partition coefficient (Wildman–Crippen LogP) is 7.35. The summed E-state index contributed by atoms with van der Waals surface area (Å²) in [4.78, 5) is 31.1. The molecule has 0 unspecified atom stereocenters. The number of anilines is 2. The van der Waals surface area contributed by atoms with E-state index < -0.39 is 0 Å². The second-order valence-corrected chi connectivity index (χ2v) is 13.5. The number of carbonyl (C=O) groups excluding carboxylic acids is 2. The number of nitrogens with zero attached hydrogens (tertiary/aromatic N) is 4. The minimum atomic E-state index is -0.0997. The molecule has 186 valence electrons. The second-order valence-electron chi connectivity index (χ2n) is 8.75. The van der Waals surface area contributed by atoms with Gasteiger partial charge in [-0.05, 0) is 50.2 Å². The quantitative estimate of drug-likeness (QED) is 0.300. The Morgan fingerprint density at radius 3 is 1.24 bits per heavy atom. The van der Waals surface area contributed by atoms with Gasteiger partial charge in [-0.15, -0.1) is 0 Å². The Kier molecular flexibility index (Phi) is 5.81. The van der Waals surface area contributed by atoms with Crippen LogP contribution in [-0.2, 0) is 9.59 Å². The first-order valence-electron chi connectivity index (χ1n) is 11.8. The van der Waals surface area contributed by atoms with Crippen LogP contribution in [-0.4, -0.2) is 23.2 Å². The lowest BCUT2D eigenvalue weighted by atomic mass is 10.2. The highest BCUT2D eigenvalue weighted by Crippen LogP contribution is 2.60. The van der Waals surface area contributed by atoms with Gasteiger partial charge in [-0.25, -0.2) is 0 Å². The molecular weight excluding hydrogens is 553 g/mol. The van der Waals surface area contributed by atoms with E-state index in [2.05, 4.69) is 22.3 Å². The highest BCUT2D eigenvalue weighted by atomic mass is 32.2. The van der Waals surface area contributed by atoms with E-state index in [0.717, 1.165) is 50.9 Å². The SMILES string of the molecule is CC1=NN(c2ccccc2)C(=O)C1=C1Sc2cc3c(cc2S1)SC(=C1C(=O)N(c2ccccc2)N=C1C)S3. The molecule has 0 saturated carbocycles. The van der Waals surface area contributed by atoms with Crippen LogP contribution in [0.25, 0.3) is 0 Å². The Morgan fingerprint density at radius 1 is 0.553 bits per heavy atom. The molecule has 0 aromatic heterocycles. The summed E-state index contributed by atoms with van der Waals surface area (Å²) < 4.78 is 1.91. The number of amides is 2. The standard InChI is InChI=1S/C28H18N4O2S4/c1-15-23(25(33)31(29-15)17-9-5-3-6-10-17)27-35-19-13-21-22(14-20(19)36-27)38-28(37-21)24-16(2)30-32(26(24)34)18-11-7-4-8-12-18/h3-14H,1-2H3. The van der Waals surface area contributed by atoms with Crippen molar-refractivity contribution in [3.63, 3.8) is 0 Å². The van der Waals surface area contributed by atoms with Gasteiger partial charge in [0.2, 0.25) is 0 Å². The fourth-order valence-corrected chi connectivity index (χ4v) is 10.0. The van der Waals surface area contributed by atoms with Gasteiger partial charge in [0.15, 0.2) is 0 Å². The third-order valence-electron chi connectivity index (χ3n) is 6.27. The summed E-state index contributed by atoms with van der Waals surface area (Å²) in [6.45, 7) is 3.78. The molecule has 0 spiro atoms. The molecule has 7 rings (SSSR count). The molecule has 6 nitrogen and oxygen atoms in total. The second kappa shape index (κ2) is 9.23. The number of thioether (sulfide) groups is 4. The van der Waals surface area contributed by atoms with Crippen molar-refractivity contribution in [2.24, 2.45) is 10.2 Å². The van der Waals surface area contributed by atoms with Gasteiger partial charge in [0.25, 0.3) is 11.8 Å². The first-order valence-corrected chi connectivity index (χ1v) is 15.0. The maximum Gasteiger partial charge on any atom is 0.282 e. The predicted molar refractivity (Wildman–Crippen MR) is 158 cm³/mol. The summed E-state index contributed by atoms with van der Waals surface area (Å²) in [5, 5.41) is 12.0. The van der Waals surface area contributed by atoms with E-state index in [1.807, 2.05) is 74.5 Å². The first kappa shape index (κ1) is 23.9. The summed E-state index contributed by atoms with van der Waals surface area (Å²) in [6, 6.07) is 23.3. The van der Waals surface area contributed by atoms with Gasteiger partial charge in [0.1, 0.15) is 0 Å². The van der Waals surface area contributed by atoms with Gasteiger partial charge in [-0.3, -0.25) is 9.59 Å². The number of benzene rings is 3. The van der Waals surface area contributed by atoms with Crippen LogP contribution in [0.5, 0.6) is 0 Å². The molecule has 0 N–H and O–H groups in total. The van der Waals surface area contributed by atoms with Crippen LogP contribution < -0.4 is 10.0 Å². The van der Waals surface area contributed by atoms with Crippen molar-refractivity contribution in [3.8, 4) is 0 Å². The van der Waals surface area contributed by atoms with E-state index in [9.17, 15) is 9.59 Å². The van der Waals surface area contributed by atoms with Gasteiger partial charge < -0.3 is 0 Å². The third-order valence-corrected chi connectivity index (χ3v) is 11.3.